The molecule has 0 aromatic carbocycles. The summed E-state index contributed by atoms with van der Waals surface area (Å²) >= 11 is 0. The fourth-order valence-electron chi connectivity index (χ4n) is 0.888. The number of rotatable bonds is 0. The Balaban J connectivity index is 2.43. The zero-order chi connectivity index (χ0) is 5.49. The Morgan fingerprint density at radius 3 is 2.14 bits per heavy atom. The number of nitrogens with two attached hydrogens (primary N) is 1. The summed E-state index contributed by atoms with van der Waals surface area (Å²) in [5, 5.41) is 0. The van der Waals surface area contributed by atoms with E-state index < -0.39 is 0 Å². The van der Waals surface area contributed by atoms with Crippen molar-refractivity contribution in [2.45, 2.75) is 32.2 Å². The third kappa shape index (κ3) is 0.653. The molecule has 1 unspecified atom stereocenters. The lowest BCUT2D eigenvalue weighted by atomic mass is 9.70. The van der Waals surface area contributed by atoms with Crippen LogP contribution in [0.1, 0.15) is 26.7 Å². The van der Waals surface area contributed by atoms with Crippen molar-refractivity contribution in [3.05, 3.63) is 0 Å². The van der Waals surface area contributed by atoms with Gasteiger partial charge in [0, 0.05) is 5.54 Å². The molecule has 1 heteroatoms. The van der Waals surface area contributed by atoms with E-state index in [0.717, 1.165) is 5.92 Å². The van der Waals surface area contributed by atoms with E-state index in [4.69, 9.17) is 5.73 Å². The molecule has 1 nitrogen and oxygen atoms in total. The molecule has 0 aromatic rings. The van der Waals surface area contributed by atoms with Gasteiger partial charge in [-0.05, 0) is 25.7 Å². The van der Waals surface area contributed by atoms with Crippen molar-refractivity contribution in [3.63, 3.8) is 0 Å². The second-order valence-electron chi connectivity index (χ2n) is 2.95. The quantitative estimate of drug-likeness (QED) is 0.484. The highest BCUT2D eigenvalue weighted by atomic mass is 14.8. The molecule has 1 saturated carbocycles. The first-order valence-corrected chi connectivity index (χ1v) is 2.92. The minimum Gasteiger partial charge on any atom is -0.325 e. The van der Waals surface area contributed by atoms with E-state index >= 15 is 0 Å². The van der Waals surface area contributed by atoms with Crippen molar-refractivity contribution >= 4 is 0 Å². The molecule has 0 bridgehead atoms. The van der Waals surface area contributed by atoms with Crippen molar-refractivity contribution in [2.24, 2.45) is 11.7 Å². The Morgan fingerprint density at radius 2 is 2.14 bits per heavy atom. The molecule has 0 spiro atoms. The van der Waals surface area contributed by atoms with Gasteiger partial charge in [0.05, 0.1) is 0 Å². The Bertz CT molecular complexity index is 76.2. The van der Waals surface area contributed by atoms with Gasteiger partial charge >= 0.3 is 0 Å². The Morgan fingerprint density at radius 1 is 1.71 bits per heavy atom. The lowest BCUT2D eigenvalue weighted by molar-refractivity contribution is 0.167. The smallest absolute Gasteiger partial charge is 0.0151 e. The highest BCUT2D eigenvalue weighted by molar-refractivity contribution is 4.93. The fourth-order valence-corrected chi connectivity index (χ4v) is 0.888. The summed E-state index contributed by atoms with van der Waals surface area (Å²) in [6.45, 7) is 4.34. The Kier molecular flexibility index (Phi) is 0.890. The highest BCUT2D eigenvalue weighted by Crippen LogP contribution is 2.34. The molecule has 0 aromatic heterocycles. The summed E-state index contributed by atoms with van der Waals surface area (Å²) in [5.74, 6) is 0.757. The maximum Gasteiger partial charge on any atom is 0.0151 e. The average Bonchev–Trinajstić information content (AvgIpc) is 1.63. The third-order valence-electron chi connectivity index (χ3n) is 2.24. The zero-order valence-electron chi connectivity index (χ0n) is 5.07. The van der Waals surface area contributed by atoms with Gasteiger partial charge < -0.3 is 5.73 Å². The zero-order valence-corrected chi connectivity index (χ0v) is 5.07. The van der Waals surface area contributed by atoms with Crippen LogP contribution in [-0.2, 0) is 0 Å². The molecule has 42 valence electrons. The molecule has 0 saturated heterocycles. The summed E-state index contributed by atoms with van der Waals surface area (Å²) in [7, 11) is 0. The second kappa shape index (κ2) is 1.22. The van der Waals surface area contributed by atoms with E-state index in [2.05, 4.69) is 13.8 Å². The molecule has 1 fully saturated rings. The van der Waals surface area contributed by atoms with Crippen LogP contribution < -0.4 is 5.73 Å². The lowest BCUT2D eigenvalue weighted by Crippen LogP contribution is -2.50. The van der Waals surface area contributed by atoms with E-state index in [1.807, 2.05) is 0 Å². The van der Waals surface area contributed by atoms with Crippen molar-refractivity contribution in [1.82, 2.24) is 0 Å². The molecular weight excluding hydrogens is 86.1 g/mol. The molecule has 0 radical (unpaired) electrons. The Labute approximate surface area is 44.9 Å². The summed E-state index contributed by atoms with van der Waals surface area (Å²) in [5.41, 5.74) is 5.95. The molecule has 0 heterocycles. The maximum atomic E-state index is 5.77. The van der Waals surface area contributed by atoms with Gasteiger partial charge in [-0.1, -0.05) is 6.92 Å². The summed E-state index contributed by atoms with van der Waals surface area (Å²) < 4.78 is 0. The first-order valence-electron chi connectivity index (χ1n) is 2.92. The molecule has 7 heavy (non-hydrogen) atoms. The van der Waals surface area contributed by atoms with Crippen LogP contribution in [0.2, 0.25) is 0 Å². The molecule has 1 aliphatic carbocycles. The first-order chi connectivity index (χ1) is 3.13. The summed E-state index contributed by atoms with van der Waals surface area (Å²) in [4.78, 5) is 0. The highest BCUT2D eigenvalue weighted by Gasteiger charge is 2.34. The van der Waals surface area contributed by atoms with Crippen molar-refractivity contribution < 1.29 is 0 Å². The minimum atomic E-state index is 0.181. The number of hydrogen-bond donors (Lipinski definition) is 1. The summed E-state index contributed by atoms with van der Waals surface area (Å²) in [6.07, 6.45) is 2.54. The van der Waals surface area contributed by atoms with Crippen LogP contribution in [0.3, 0.4) is 0 Å². The van der Waals surface area contributed by atoms with Gasteiger partial charge in [-0.2, -0.15) is 0 Å². The van der Waals surface area contributed by atoms with Crippen molar-refractivity contribution in [1.29, 1.82) is 0 Å². The molecular formula is C6H13N. The van der Waals surface area contributed by atoms with E-state index in [1.165, 1.54) is 12.8 Å². The van der Waals surface area contributed by atoms with Crippen LogP contribution in [0, 0.1) is 5.92 Å². The average molecular weight is 99.2 g/mol. The van der Waals surface area contributed by atoms with Crippen molar-refractivity contribution in [3.8, 4) is 0 Å². The topological polar surface area (TPSA) is 26.0 Å². The normalized spacial score (nSPS) is 51.0. The maximum absolute atomic E-state index is 5.77. The second-order valence-corrected chi connectivity index (χ2v) is 2.95. The van der Waals surface area contributed by atoms with E-state index in [0.29, 0.717) is 0 Å². The summed E-state index contributed by atoms with van der Waals surface area (Å²) in [6, 6.07) is 0. The third-order valence-corrected chi connectivity index (χ3v) is 2.24. The fraction of sp³-hybridized carbons (Fsp3) is 1.00. The van der Waals surface area contributed by atoms with E-state index in [9.17, 15) is 0 Å². The number of hydrogen-bond acceptors (Lipinski definition) is 1. The monoisotopic (exact) mass is 99.1 g/mol. The van der Waals surface area contributed by atoms with Crippen LogP contribution >= 0.6 is 0 Å². The van der Waals surface area contributed by atoms with Crippen LogP contribution in [0.4, 0.5) is 0 Å². The van der Waals surface area contributed by atoms with Crippen LogP contribution in [-0.4, -0.2) is 5.54 Å². The first kappa shape index (κ1) is 5.10. The van der Waals surface area contributed by atoms with Gasteiger partial charge in [0.2, 0.25) is 0 Å². The van der Waals surface area contributed by atoms with Crippen LogP contribution in [0.5, 0.6) is 0 Å². The standard InChI is InChI=1S/C6H13N/c1-5-3-4-6(5,2)7/h5H,3-4,7H2,1-2H3/t5?,6-/m1/s1. The molecule has 2 atom stereocenters. The van der Waals surface area contributed by atoms with Gasteiger partial charge in [-0.3, -0.25) is 0 Å². The van der Waals surface area contributed by atoms with Gasteiger partial charge in [-0.15, -0.1) is 0 Å². The largest absolute Gasteiger partial charge is 0.325 e. The van der Waals surface area contributed by atoms with Gasteiger partial charge in [0.25, 0.3) is 0 Å². The van der Waals surface area contributed by atoms with Gasteiger partial charge in [0.15, 0.2) is 0 Å². The Hall–Kier alpha value is -0.0400. The molecule has 1 rings (SSSR count). The van der Waals surface area contributed by atoms with Crippen LogP contribution in [0.25, 0.3) is 0 Å². The van der Waals surface area contributed by atoms with Crippen LogP contribution in [0.15, 0.2) is 0 Å². The lowest BCUT2D eigenvalue weighted by Gasteiger charge is -2.41. The van der Waals surface area contributed by atoms with Gasteiger partial charge in [0.1, 0.15) is 0 Å². The minimum absolute atomic E-state index is 0.181. The SMILES string of the molecule is CC1CC[C@@]1(C)N. The predicted octanol–water partition coefficient (Wildman–Crippen LogP) is 1.13. The molecule has 1 aliphatic rings. The molecule has 0 aliphatic heterocycles. The molecule has 0 amide bonds. The molecule has 2 N–H and O–H groups in total. The van der Waals surface area contributed by atoms with E-state index in [1.54, 1.807) is 0 Å². The van der Waals surface area contributed by atoms with Gasteiger partial charge in [-0.25, -0.2) is 0 Å². The van der Waals surface area contributed by atoms with E-state index in [-0.39, 0.29) is 5.54 Å². The predicted molar refractivity (Wildman–Crippen MR) is 31.0 cm³/mol. The van der Waals surface area contributed by atoms with Crippen molar-refractivity contribution in [2.75, 3.05) is 0 Å².